The molecule has 37 heavy (non-hydrogen) atoms. The van der Waals surface area contributed by atoms with Crippen molar-refractivity contribution < 1.29 is 31.1 Å². The van der Waals surface area contributed by atoms with E-state index in [9.17, 15) is 26.4 Å². The summed E-state index contributed by atoms with van der Waals surface area (Å²) in [5, 5.41) is 0.662. The van der Waals surface area contributed by atoms with E-state index in [1.807, 2.05) is 19.9 Å². The summed E-state index contributed by atoms with van der Waals surface area (Å²) in [6.45, 7) is 3.71. The molecule has 0 aliphatic rings. The average molecular weight is 532 g/mol. The van der Waals surface area contributed by atoms with Gasteiger partial charge in [0.05, 0.1) is 17.5 Å². The summed E-state index contributed by atoms with van der Waals surface area (Å²) >= 11 is 0. The number of halogens is 3. The number of nitrogens with one attached hydrogen (secondary N) is 1. The molecule has 7 nitrogen and oxygen atoms in total. The minimum Gasteiger partial charge on any atom is -0.406 e. The van der Waals surface area contributed by atoms with E-state index in [4.69, 9.17) is 5.73 Å². The van der Waals surface area contributed by atoms with Crippen molar-refractivity contribution in [3.63, 3.8) is 0 Å². The van der Waals surface area contributed by atoms with Crippen molar-refractivity contribution in [2.45, 2.75) is 25.6 Å². The third-order valence-corrected chi connectivity index (χ3v) is 6.58. The van der Waals surface area contributed by atoms with Crippen molar-refractivity contribution in [1.82, 2.24) is 4.57 Å². The van der Waals surface area contributed by atoms with Crippen molar-refractivity contribution >= 4 is 32.5 Å². The normalized spacial score (nSPS) is 12.5. The van der Waals surface area contributed by atoms with Gasteiger partial charge in [-0.3, -0.25) is 9.52 Å². The van der Waals surface area contributed by atoms with Gasteiger partial charge in [0.25, 0.3) is 5.91 Å². The molecule has 0 spiro atoms. The molecule has 1 heterocycles. The van der Waals surface area contributed by atoms with Crippen LogP contribution in [0, 0.1) is 0 Å². The number of hydrogen-bond acceptors (Lipinski definition) is 4. The van der Waals surface area contributed by atoms with Crippen molar-refractivity contribution in [2.75, 3.05) is 11.0 Å². The van der Waals surface area contributed by atoms with Gasteiger partial charge >= 0.3 is 6.36 Å². The highest BCUT2D eigenvalue weighted by Crippen LogP contribution is 2.36. The highest BCUT2D eigenvalue weighted by atomic mass is 32.2. The van der Waals surface area contributed by atoms with E-state index in [-0.39, 0.29) is 11.4 Å². The fourth-order valence-electron chi connectivity index (χ4n) is 4.22. The second kappa shape index (κ2) is 9.15. The van der Waals surface area contributed by atoms with Crippen LogP contribution in [0.5, 0.6) is 5.75 Å². The lowest BCUT2D eigenvalue weighted by atomic mass is 9.78. The zero-order valence-electron chi connectivity index (χ0n) is 20.1. The summed E-state index contributed by atoms with van der Waals surface area (Å²) in [4.78, 5) is 12.3. The molecule has 0 fully saturated rings. The number of anilines is 1. The fraction of sp³-hybridized carbons (Fsp3) is 0.192. The molecule has 0 saturated carbocycles. The largest absolute Gasteiger partial charge is 0.573 e. The van der Waals surface area contributed by atoms with Gasteiger partial charge < -0.3 is 15.0 Å². The van der Waals surface area contributed by atoms with Gasteiger partial charge in [0.1, 0.15) is 11.4 Å². The van der Waals surface area contributed by atoms with E-state index in [0.717, 1.165) is 11.8 Å². The number of alkyl halides is 3. The van der Waals surface area contributed by atoms with Gasteiger partial charge in [0, 0.05) is 16.5 Å². The maximum Gasteiger partial charge on any atom is 0.573 e. The molecule has 0 atom stereocenters. The van der Waals surface area contributed by atoms with Crippen LogP contribution in [0.4, 0.5) is 18.9 Å². The topological polar surface area (TPSA) is 103 Å². The maximum atomic E-state index is 12.8. The molecular formula is C26H24F3N3O4S. The number of fused-ring (bicyclic) bond motifs is 1. The minimum atomic E-state index is -4.81. The first-order chi connectivity index (χ1) is 17.1. The Morgan fingerprint density at radius 1 is 0.946 bits per heavy atom. The summed E-state index contributed by atoms with van der Waals surface area (Å²) in [5.41, 5.74) is 7.83. The predicted molar refractivity (Wildman–Crippen MR) is 136 cm³/mol. The Labute approximate surface area is 211 Å². The van der Waals surface area contributed by atoms with E-state index in [0.29, 0.717) is 27.8 Å². The number of carbonyl (C=O) groups excluding carboxylic acids is 1. The molecule has 0 aliphatic heterocycles. The van der Waals surface area contributed by atoms with Crippen LogP contribution in [0.3, 0.4) is 0 Å². The Kier molecular flexibility index (Phi) is 6.45. The molecule has 0 aliphatic carbocycles. The Morgan fingerprint density at radius 2 is 1.59 bits per heavy atom. The molecule has 0 bridgehead atoms. The minimum absolute atomic E-state index is 0.182. The number of primary amides is 1. The first-order valence-corrected chi connectivity index (χ1v) is 12.9. The summed E-state index contributed by atoms with van der Waals surface area (Å²) in [7, 11) is -3.54. The smallest absolute Gasteiger partial charge is 0.406 e. The summed E-state index contributed by atoms with van der Waals surface area (Å²) in [5.74, 6) is -1.01. The van der Waals surface area contributed by atoms with Crippen molar-refractivity contribution in [2.24, 2.45) is 5.73 Å². The lowest BCUT2D eigenvalue weighted by Gasteiger charge is -2.27. The van der Waals surface area contributed by atoms with Crippen LogP contribution in [0.25, 0.3) is 16.6 Å². The average Bonchev–Trinajstić information content (AvgIpc) is 3.16. The van der Waals surface area contributed by atoms with E-state index in [2.05, 4.69) is 9.46 Å². The quantitative estimate of drug-likeness (QED) is 0.337. The molecular weight excluding hydrogens is 507 g/mol. The van der Waals surface area contributed by atoms with Crippen LogP contribution in [0.2, 0.25) is 0 Å². The third kappa shape index (κ3) is 5.72. The first kappa shape index (κ1) is 26.1. The number of nitrogens with zero attached hydrogens (tertiary/aromatic N) is 1. The number of amides is 1. The van der Waals surface area contributed by atoms with E-state index < -0.39 is 27.7 Å². The van der Waals surface area contributed by atoms with Crippen LogP contribution < -0.4 is 15.2 Å². The summed E-state index contributed by atoms with van der Waals surface area (Å²) in [6, 6.07) is 19.4. The number of benzene rings is 3. The zero-order chi connectivity index (χ0) is 27.2. The van der Waals surface area contributed by atoms with Gasteiger partial charge in [-0.1, -0.05) is 44.2 Å². The first-order valence-electron chi connectivity index (χ1n) is 11.0. The number of carbonyl (C=O) groups is 1. The Morgan fingerprint density at radius 3 is 2.22 bits per heavy atom. The number of hydrogen-bond donors (Lipinski definition) is 2. The standard InChI is InChI=1S/C26H24F3N3O4S/c1-25(2,18-7-5-9-21(14-18)36-26(27,28)29)17-6-4-8-20(13-17)32-22-15-19(31-37(3,34)35)11-10-16(22)12-23(32)24(30)33/h4-15,31H,1-3H3,(H2,30,33). The van der Waals surface area contributed by atoms with Crippen molar-refractivity contribution in [3.05, 3.63) is 89.6 Å². The van der Waals surface area contributed by atoms with Gasteiger partial charge in [0.2, 0.25) is 10.0 Å². The maximum absolute atomic E-state index is 12.8. The highest BCUT2D eigenvalue weighted by Gasteiger charge is 2.32. The zero-order valence-corrected chi connectivity index (χ0v) is 20.9. The molecule has 11 heteroatoms. The lowest BCUT2D eigenvalue weighted by molar-refractivity contribution is -0.274. The number of nitrogens with two attached hydrogens (primary N) is 1. The van der Waals surface area contributed by atoms with Crippen LogP contribution in [0.1, 0.15) is 35.5 Å². The number of rotatable bonds is 7. The number of sulfonamides is 1. The van der Waals surface area contributed by atoms with E-state index in [1.54, 1.807) is 53.1 Å². The second-order valence-corrected chi connectivity index (χ2v) is 10.9. The molecule has 1 aromatic heterocycles. The fourth-order valence-corrected chi connectivity index (χ4v) is 4.78. The van der Waals surface area contributed by atoms with Crippen LogP contribution in [0.15, 0.2) is 72.8 Å². The van der Waals surface area contributed by atoms with E-state index in [1.165, 1.54) is 18.2 Å². The SMILES string of the molecule is CC(C)(c1cccc(OC(F)(F)F)c1)c1cccc(-n2c(C(N)=O)cc3ccc(NS(C)(=O)=O)cc32)c1. The number of aromatic nitrogens is 1. The third-order valence-electron chi connectivity index (χ3n) is 5.98. The number of ether oxygens (including phenoxy) is 1. The lowest BCUT2D eigenvalue weighted by Crippen LogP contribution is -2.21. The van der Waals surface area contributed by atoms with Gasteiger partial charge in [-0.15, -0.1) is 13.2 Å². The molecule has 0 radical (unpaired) electrons. The molecule has 194 valence electrons. The van der Waals surface area contributed by atoms with E-state index >= 15 is 0 Å². The van der Waals surface area contributed by atoms with Crippen molar-refractivity contribution in [3.8, 4) is 11.4 Å². The van der Waals surface area contributed by atoms with Gasteiger partial charge in [0.15, 0.2) is 0 Å². The second-order valence-electron chi connectivity index (χ2n) is 9.13. The van der Waals surface area contributed by atoms with Gasteiger partial charge in [-0.05, 0) is 53.6 Å². The van der Waals surface area contributed by atoms with Crippen molar-refractivity contribution in [1.29, 1.82) is 0 Å². The Hall–Kier alpha value is -3.99. The monoisotopic (exact) mass is 531 g/mol. The summed E-state index contributed by atoms with van der Waals surface area (Å²) < 4.78 is 69.8. The van der Waals surface area contributed by atoms with Gasteiger partial charge in [-0.25, -0.2) is 8.42 Å². The van der Waals surface area contributed by atoms with Gasteiger partial charge in [-0.2, -0.15) is 0 Å². The van der Waals surface area contributed by atoms with Crippen LogP contribution in [-0.2, 0) is 15.4 Å². The Balaban J connectivity index is 1.84. The molecule has 4 rings (SSSR count). The molecule has 0 unspecified atom stereocenters. The molecule has 3 aromatic carbocycles. The predicted octanol–water partition coefficient (Wildman–Crippen LogP) is 5.33. The summed E-state index contributed by atoms with van der Waals surface area (Å²) in [6.07, 6.45) is -3.78. The Bertz CT molecular complexity index is 1610. The molecule has 1 amide bonds. The molecule has 3 N–H and O–H groups in total. The molecule has 0 saturated heterocycles. The highest BCUT2D eigenvalue weighted by molar-refractivity contribution is 7.92. The molecule has 4 aromatic rings. The van der Waals surface area contributed by atoms with Crippen LogP contribution >= 0.6 is 0 Å². The van der Waals surface area contributed by atoms with Crippen LogP contribution in [-0.4, -0.2) is 31.5 Å².